The molecule has 0 atom stereocenters. The largest absolute Gasteiger partial charge is 0.493 e. The number of nitrogens with zero attached hydrogens (tertiary/aromatic N) is 1. The van der Waals surface area contributed by atoms with Crippen LogP contribution in [0.15, 0.2) is 59.6 Å². The Labute approximate surface area is 203 Å². The number of amidine groups is 2. The first-order valence-electron chi connectivity index (χ1n) is 11.0. The van der Waals surface area contributed by atoms with E-state index in [1.165, 1.54) is 7.11 Å². The van der Waals surface area contributed by atoms with E-state index < -0.39 is 5.82 Å². The first-order valence-corrected chi connectivity index (χ1v) is 11.0. The van der Waals surface area contributed by atoms with E-state index in [4.69, 9.17) is 30.1 Å². The van der Waals surface area contributed by atoms with Gasteiger partial charge < -0.3 is 30.0 Å². The summed E-state index contributed by atoms with van der Waals surface area (Å²) in [6.07, 6.45) is 0. The summed E-state index contributed by atoms with van der Waals surface area (Å²) in [6.45, 7) is 1.56. The summed E-state index contributed by atoms with van der Waals surface area (Å²) in [5.41, 5.74) is 7.70. The maximum Gasteiger partial charge on any atom is 0.161 e. The number of halogens is 1. The lowest BCUT2D eigenvalue weighted by atomic mass is 10.1. The maximum absolute atomic E-state index is 15.2. The fourth-order valence-corrected chi connectivity index (χ4v) is 3.65. The van der Waals surface area contributed by atoms with Crippen molar-refractivity contribution in [3.05, 3.63) is 82.7 Å². The number of rotatable bonds is 10. The molecule has 4 rings (SSSR count). The van der Waals surface area contributed by atoms with Crippen LogP contribution in [0.4, 0.5) is 4.39 Å². The topological polar surface area (TPSA) is 111 Å². The van der Waals surface area contributed by atoms with Crippen molar-refractivity contribution in [3.8, 4) is 23.0 Å². The lowest BCUT2D eigenvalue weighted by Gasteiger charge is -2.15. The van der Waals surface area contributed by atoms with E-state index in [0.29, 0.717) is 39.7 Å². The highest BCUT2D eigenvalue weighted by atomic mass is 19.1. The van der Waals surface area contributed by atoms with Crippen molar-refractivity contribution in [2.24, 2.45) is 10.7 Å². The Bertz CT molecular complexity index is 1260. The van der Waals surface area contributed by atoms with Gasteiger partial charge in [-0.25, -0.2) is 4.39 Å². The summed E-state index contributed by atoms with van der Waals surface area (Å²) >= 11 is 0. The van der Waals surface area contributed by atoms with Crippen LogP contribution >= 0.6 is 0 Å². The second-order valence-corrected chi connectivity index (χ2v) is 7.77. The Hall–Kier alpha value is -4.27. The molecule has 1 aliphatic heterocycles. The van der Waals surface area contributed by atoms with Crippen LogP contribution in [-0.2, 0) is 13.2 Å². The van der Waals surface area contributed by atoms with E-state index in [1.807, 2.05) is 12.1 Å². The van der Waals surface area contributed by atoms with E-state index in [2.05, 4.69) is 10.3 Å². The Balaban J connectivity index is 1.45. The first kappa shape index (κ1) is 23.9. The Morgan fingerprint density at radius 1 is 0.943 bits per heavy atom. The molecule has 0 fully saturated rings. The zero-order chi connectivity index (χ0) is 24.8. The molecule has 0 bridgehead atoms. The standard InChI is InChI=1S/C26H27FN4O4/c1-32-22-12-16(25(28)29)6-8-20(22)34-14-18-4-3-5-19(24(18)27)15-35-21-9-7-17(13-23(21)33-2)26-30-10-11-31-26/h3-9,12-13H,10-11,14-15H2,1-2H3,(H3,28,29)(H,30,31). The number of hydrogen-bond acceptors (Lipinski definition) is 7. The molecule has 0 saturated carbocycles. The van der Waals surface area contributed by atoms with Gasteiger partial charge in [-0.3, -0.25) is 10.4 Å². The molecule has 0 spiro atoms. The summed E-state index contributed by atoms with van der Waals surface area (Å²) in [7, 11) is 3.05. The molecule has 35 heavy (non-hydrogen) atoms. The van der Waals surface area contributed by atoms with Crippen molar-refractivity contribution in [3.63, 3.8) is 0 Å². The van der Waals surface area contributed by atoms with Crippen LogP contribution < -0.4 is 30.0 Å². The number of methoxy groups -OCH3 is 2. The summed E-state index contributed by atoms with van der Waals surface area (Å²) in [6, 6.07) is 15.5. The highest BCUT2D eigenvalue weighted by molar-refractivity contribution is 6.00. The normalized spacial score (nSPS) is 12.5. The third-order valence-electron chi connectivity index (χ3n) is 5.51. The van der Waals surface area contributed by atoms with Crippen LogP contribution in [0.2, 0.25) is 0 Å². The molecule has 0 aromatic heterocycles. The molecule has 0 unspecified atom stereocenters. The lowest BCUT2D eigenvalue weighted by molar-refractivity contribution is 0.270. The molecule has 8 nitrogen and oxygen atoms in total. The van der Waals surface area contributed by atoms with Crippen molar-refractivity contribution in [1.82, 2.24) is 5.32 Å². The van der Waals surface area contributed by atoms with Crippen LogP contribution in [0.1, 0.15) is 22.3 Å². The highest BCUT2D eigenvalue weighted by Crippen LogP contribution is 2.31. The van der Waals surface area contributed by atoms with E-state index in [0.717, 1.165) is 24.5 Å². The van der Waals surface area contributed by atoms with Crippen molar-refractivity contribution in [2.75, 3.05) is 27.3 Å². The van der Waals surface area contributed by atoms with Gasteiger partial charge in [0, 0.05) is 28.8 Å². The minimum atomic E-state index is -0.410. The van der Waals surface area contributed by atoms with E-state index in [9.17, 15) is 0 Å². The fraction of sp³-hybridized carbons (Fsp3) is 0.231. The number of nitrogens with one attached hydrogen (secondary N) is 2. The van der Waals surface area contributed by atoms with Crippen LogP contribution in [0.25, 0.3) is 0 Å². The van der Waals surface area contributed by atoms with E-state index >= 15 is 4.39 Å². The highest BCUT2D eigenvalue weighted by Gasteiger charge is 2.15. The molecule has 0 aliphatic carbocycles. The van der Waals surface area contributed by atoms with E-state index in [1.54, 1.807) is 49.6 Å². The number of aliphatic imine (C=N–C) groups is 1. The summed E-state index contributed by atoms with van der Waals surface area (Å²) in [5, 5.41) is 10.8. The molecule has 0 amide bonds. The van der Waals surface area contributed by atoms with Gasteiger partial charge in [0.1, 0.15) is 30.7 Å². The molecule has 1 heterocycles. The number of ether oxygens (including phenoxy) is 4. The number of hydrogen-bond donors (Lipinski definition) is 3. The molecule has 0 radical (unpaired) electrons. The van der Waals surface area contributed by atoms with Crippen molar-refractivity contribution >= 4 is 11.7 Å². The van der Waals surface area contributed by atoms with Crippen molar-refractivity contribution in [1.29, 1.82) is 5.41 Å². The second kappa shape index (κ2) is 10.8. The maximum atomic E-state index is 15.2. The second-order valence-electron chi connectivity index (χ2n) is 7.77. The van der Waals surface area contributed by atoms with Crippen molar-refractivity contribution in [2.45, 2.75) is 13.2 Å². The Morgan fingerprint density at radius 3 is 2.14 bits per heavy atom. The monoisotopic (exact) mass is 478 g/mol. The SMILES string of the molecule is COc1cc(C(=N)N)ccc1OCc1cccc(COc2ccc(C3=NCCN3)cc2OC)c1F. The van der Waals surface area contributed by atoms with Gasteiger partial charge in [-0.1, -0.05) is 18.2 Å². The smallest absolute Gasteiger partial charge is 0.161 e. The summed E-state index contributed by atoms with van der Waals surface area (Å²) < 4.78 is 37.6. The average molecular weight is 479 g/mol. The van der Waals surface area contributed by atoms with Gasteiger partial charge in [0.15, 0.2) is 23.0 Å². The average Bonchev–Trinajstić information content (AvgIpc) is 3.42. The van der Waals surface area contributed by atoms with Crippen LogP contribution in [0.3, 0.4) is 0 Å². The van der Waals surface area contributed by atoms with Gasteiger partial charge in [0.2, 0.25) is 0 Å². The van der Waals surface area contributed by atoms with Crippen LogP contribution in [0, 0.1) is 11.2 Å². The third kappa shape index (κ3) is 5.46. The molecule has 182 valence electrons. The molecule has 3 aromatic rings. The number of nitrogen functional groups attached to an aromatic ring is 1. The molecular formula is C26H27FN4O4. The first-order chi connectivity index (χ1) is 17.0. The van der Waals surface area contributed by atoms with Gasteiger partial charge in [-0.15, -0.1) is 0 Å². The molecule has 1 aliphatic rings. The van der Waals surface area contributed by atoms with Gasteiger partial charge in [-0.05, 0) is 36.4 Å². The molecule has 4 N–H and O–H groups in total. The zero-order valence-corrected chi connectivity index (χ0v) is 19.6. The number of nitrogens with two attached hydrogens (primary N) is 1. The lowest BCUT2D eigenvalue weighted by Crippen LogP contribution is -2.19. The molecule has 9 heteroatoms. The predicted octanol–water partition coefficient (Wildman–Crippen LogP) is 3.63. The third-order valence-corrected chi connectivity index (χ3v) is 5.51. The zero-order valence-electron chi connectivity index (χ0n) is 19.6. The van der Waals surface area contributed by atoms with Crippen molar-refractivity contribution < 1.29 is 23.3 Å². The minimum Gasteiger partial charge on any atom is -0.493 e. The minimum absolute atomic E-state index is 0.0113. The molecular weight excluding hydrogens is 451 g/mol. The van der Waals surface area contributed by atoms with Gasteiger partial charge in [0.05, 0.1) is 20.8 Å². The Morgan fingerprint density at radius 2 is 1.57 bits per heavy atom. The fourth-order valence-electron chi connectivity index (χ4n) is 3.65. The summed E-state index contributed by atoms with van der Waals surface area (Å²) in [4.78, 5) is 4.41. The summed E-state index contributed by atoms with van der Waals surface area (Å²) in [5.74, 6) is 2.21. The van der Waals surface area contributed by atoms with Gasteiger partial charge >= 0.3 is 0 Å². The van der Waals surface area contributed by atoms with Crippen LogP contribution in [-0.4, -0.2) is 39.0 Å². The quantitative estimate of drug-likeness (QED) is 0.303. The van der Waals surface area contributed by atoms with Crippen LogP contribution in [0.5, 0.6) is 23.0 Å². The van der Waals surface area contributed by atoms with Gasteiger partial charge in [-0.2, -0.15) is 0 Å². The van der Waals surface area contributed by atoms with Gasteiger partial charge in [0.25, 0.3) is 0 Å². The van der Waals surface area contributed by atoms with E-state index in [-0.39, 0.29) is 19.0 Å². The predicted molar refractivity (Wildman–Crippen MR) is 131 cm³/mol. The Kier molecular flexibility index (Phi) is 7.35. The molecule has 0 saturated heterocycles. The molecule has 3 aromatic carbocycles. The number of benzene rings is 3.